The zero-order valence-electron chi connectivity index (χ0n) is 13.9. The summed E-state index contributed by atoms with van der Waals surface area (Å²) in [6.07, 6.45) is 10.9. The van der Waals surface area contributed by atoms with E-state index in [4.69, 9.17) is 22.1 Å². The summed E-state index contributed by atoms with van der Waals surface area (Å²) in [6.45, 7) is 2.96. The SMILES string of the molecule is COc1c(Cl)c2c(c(C)c1C1(CN)CCCCC1)CCCC2. The van der Waals surface area contributed by atoms with E-state index in [1.165, 1.54) is 54.4 Å². The lowest BCUT2D eigenvalue weighted by Gasteiger charge is -2.40. The van der Waals surface area contributed by atoms with Crippen LogP contribution in [0.5, 0.6) is 5.75 Å². The molecule has 22 heavy (non-hydrogen) atoms. The van der Waals surface area contributed by atoms with Gasteiger partial charge >= 0.3 is 0 Å². The number of fused-ring (bicyclic) bond motifs is 1. The molecule has 1 saturated carbocycles. The zero-order valence-corrected chi connectivity index (χ0v) is 14.7. The second kappa shape index (κ2) is 6.41. The summed E-state index contributed by atoms with van der Waals surface area (Å²) in [4.78, 5) is 0. The number of benzene rings is 1. The van der Waals surface area contributed by atoms with E-state index in [9.17, 15) is 0 Å². The number of rotatable bonds is 3. The third-order valence-corrected chi connectivity index (χ3v) is 6.32. The molecule has 2 nitrogen and oxygen atoms in total. The molecule has 0 bridgehead atoms. The Balaban J connectivity index is 2.23. The second-order valence-electron chi connectivity index (χ2n) is 7.06. The highest BCUT2D eigenvalue weighted by Gasteiger charge is 2.39. The lowest BCUT2D eigenvalue weighted by Crippen LogP contribution is -2.38. The Kier molecular flexibility index (Phi) is 4.70. The van der Waals surface area contributed by atoms with Gasteiger partial charge in [0.2, 0.25) is 0 Å². The van der Waals surface area contributed by atoms with Crippen LogP contribution in [-0.2, 0) is 18.3 Å². The van der Waals surface area contributed by atoms with Gasteiger partial charge in [-0.05, 0) is 62.1 Å². The molecule has 3 heteroatoms. The maximum atomic E-state index is 6.78. The molecule has 2 N–H and O–H groups in total. The Morgan fingerprint density at radius 2 is 1.68 bits per heavy atom. The van der Waals surface area contributed by atoms with E-state index in [-0.39, 0.29) is 5.41 Å². The molecule has 1 aromatic rings. The molecule has 0 aliphatic heterocycles. The first-order chi connectivity index (χ1) is 10.6. The first-order valence-electron chi connectivity index (χ1n) is 8.73. The van der Waals surface area contributed by atoms with Crippen LogP contribution in [0.1, 0.15) is 67.2 Å². The maximum absolute atomic E-state index is 6.78. The average molecular weight is 322 g/mol. The van der Waals surface area contributed by atoms with Crippen LogP contribution in [0.2, 0.25) is 5.02 Å². The van der Waals surface area contributed by atoms with Gasteiger partial charge in [-0.2, -0.15) is 0 Å². The van der Waals surface area contributed by atoms with Crippen LogP contribution in [0.25, 0.3) is 0 Å². The van der Waals surface area contributed by atoms with Crippen LogP contribution in [0.15, 0.2) is 0 Å². The number of ether oxygens (including phenoxy) is 1. The fourth-order valence-corrected chi connectivity index (χ4v) is 5.12. The van der Waals surface area contributed by atoms with Crippen molar-refractivity contribution in [2.45, 2.75) is 70.1 Å². The molecule has 0 aromatic heterocycles. The van der Waals surface area contributed by atoms with Crippen molar-refractivity contribution < 1.29 is 4.74 Å². The van der Waals surface area contributed by atoms with E-state index < -0.39 is 0 Å². The molecule has 0 unspecified atom stereocenters. The summed E-state index contributed by atoms with van der Waals surface area (Å²) in [5.41, 5.74) is 11.9. The Bertz CT molecular complexity index is 561. The molecule has 122 valence electrons. The van der Waals surface area contributed by atoms with E-state index in [0.29, 0.717) is 6.54 Å². The van der Waals surface area contributed by atoms with Crippen molar-refractivity contribution in [1.29, 1.82) is 0 Å². The van der Waals surface area contributed by atoms with Gasteiger partial charge in [0.1, 0.15) is 5.75 Å². The highest BCUT2D eigenvalue weighted by Crippen LogP contribution is 2.50. The number of hydrogen-bond donors (Lipinski definition) is 1. The van der Waals surface area contributed by atoms with Crippen LogP contribution in [-0.4, -0.2) is 13.7 Å². The quantitative estimate of drug-likeness (QED) is 0.876. The van der Waals surface area contributed by atoms with Gasteiger partial charge in [-0.3, -0.25) is 0 Å². The van der Waals surface area contributed by atoms with E-state index in [1.807, 2.05) is 0 Å². The second-order valence-corrected chi connectivity index (χ2v) is 7.43. The van der Waals surface area contributed by atoms with Crippen LogP contribution < -0.4 is 10.5 Å². The molecule has 0 saturated heterocycles. The third kappa shape index (κ3) is 2.45. The van der Waals surface area contributed by atoms with Crippen molar-refractivity contribution in [3.8, 4) is 5.75 Å². The van der Waals surface area contributed by atoms with Crippen molar-refractivity contribution in [3.05, 3.63) is 27.3 Å². The normalized spacial score (nSPS) is 20.5. The summed E-state index contributed by atoms with van der Waals surface area (Å²) in [5, 5.41) is 0.858. The van der Waals surface area contributed by atoms with Crippen molar-refractivity contribution in [2.75, 3.05) is 13.7 Å². The van der Waals surface area contributed by atoms with Crippen molar-refractivity contribution in [2.24, 2.45) is 5.73 Å². The summed E-state index contributed by atoms with van der Waals surface area (Å²) >= 11 is 6.78. The van der Waals surface area contributed by atoms with Crippen molar-refractivity contribution in [3.63, 3.8) is 0 Å². The van der Waals surface area contributed by atoms with Gasteiger partial charge in [-0.1, -0.05) is 30.9 Å². The summed E-state index contributed by atoms with van der Waals surface area (Å²) in [7, 11) is 1.76. The standard InChI is InChI=1S/C19H28ClNO/c1-13-14-8-4-5-9-15(14)17(20)18(22-2)16(13)19(12-21)10-6-3-7-11-19/h3-12,21H2,1-2H3. The molecule has 2 aliphatic rings. The van der Waals surface area contributed by atoms with Gasteiger partial charge in [-0.25, -0.2) is 0 Å². The Labute approximate surface area is 139 Å². The Morgan fingerprint density at radius 1 is 1.05 bits per heavy atom. The minimum atomic E-state index is 0.0593. The smallest absolute Gasteiger partial charge is 0.141 e. The van der Waals surface area contributed by atoms with E-state index >= 15 is 0 Å². The first-order valence-corrected chi connectivity index (χ1v) is 9.11. The maximum Gasteiger partial charge on any atom is 0.141 e. The molecule has 0 radical (unpaired) electrons. The molecule has 0 amide bonds. The predicted octanol–water partition coefficient (Wildman–Crippen LogP) is 4.70. The number of halogens is 1. The topological polar surface area (TPSA) is 35.2 Å². The average Bonchev–Trinajstić information content (AvgIpc) is 2.58. The lowest BCUT2D eigenvalue weighted by atomic mass is 9.66. The summed E-state index contributed by atoms with van der Waals surface area (Å²) in [6, 6.07) is 0. The highest BCUT2D eigenvalue weighted by atomic mass is 35.5. The predicted molar refractivity (Wildman–Crippen MR) is 93.2 cm³/mol. The molecule has 2 aliphatic carbocycles. The van der Waals surface area contributed by atoms with Crippen LogP contribution in [0, 0.1) is 6.92 Å². The number of nitrogens with two attached hydrogens (primary N) is 1. The Morgan fingerprint density at radius 3 is 2.27 bits per heavy atom. The number of hydrogen-bond acceptors (Lipinski definition) is 2. The highest BCUT2D eigenvalue weighted by molar-refractivity contribution is 6.33. The molecule has 0 heterocycles. The third-order valence-electron chi connectivity index (χ3n) is 5.92. The van der Waals surface area contributed by atoms with Gasteiger partial charge in [0.05, 0.1) is 12.1 Å². The largest absolute Gasteiger partial charge is 0.495 e. The fraction of sp³-hybridized carbons (Fsp3) is 0.684. The Hall–Kier alpha value is -0.730. The van der Waals surface area contributed by atoms with Gasteiger partial charge in [0.25, 0.3) is 0 Å². The summed E-state index contributed by atoms with van der Waals surface area (Å²) < 4.78 is 5.82. The molecule has 1 aromatic carbocycles. The lowest BCUT2D eigenvalue weighted by molar-refractivity contribution is 0.286. The minimum Gasteiger partial charge on any atom is -0.495 e. The van der Waals surface area contributed by atoms with Crippen LogP contribution >= 0.6 is 11.6 Å². The van der Waals surface area contributed by atoms with Crippen LogP contribution in [0.4, 0.5) is 0 Å². The molecular weight excluding hydrogens is 294 g/mol. The zero-order chi connectivity index (χ0) is 15.7. The van der Waals surface area contributed by atoms with Gasteiger partial charge in [0, 0.05) is 17.5 Å². The molecule has 0 spiro atoms. The monoisotopic (exact) mass is 321 g/mol. The van der Waals surface area contributed by atoms with Crippen molar-refractivity contribution in [1.82, 2.24) is 0 Å². The molecule has 3 rings (SSSR count). The minimum absolute atomic E-state index is 0.0593. The number of methoxy groups -OCH3 is 1. The van der Waals surface area contributed by atoms with Gasteiger partial charge in [-0.15, -0.1) is 0 Å². The first kappa shape index (κ1) is 16.1. The van der Waals surface area contributed by atoms with E-state index in [1.54, 1.807) is 7.11 Å². The van der Waals surface area contributed by atoms with Gasteiger partial charge in [0.15, 0.2) is 0 Å². The summed E-state index contributed by atoms with van der Waals surface area (Å²) in [5.74, 6) is 0.909. The molecule has 0 atom stereocenters. The van der Waals surface area contributed by atoms with E-state index in [2.05, 4.69) is 6.92 Å². The van der Waals surface area contributed by atoms with Crippen molar-refractivity contribution >= 4 is 11.6 Å². The molecular formula is C19H28ClNO. The van der Waals surface area contributed by atoms with Crippen LogP contribution in [0.3, 0.4) is 0 Å². The van der Waals surface area contributed by atoms with E-state index in [0.717, 1.165) is 36.5 Å². The molecule has 1 fully saturated rings. The fourth-order valence-electron chi connectivity index (χ4n) is 4.74. The van der Waals surface area contributed by atoms with Gasteiger partial charge < -0.3 is 10.5 Å².